The van der Waals surface area contributed by atoms with Crippen LogP contribution in [0.15, 0.2) is 48.5 Å². The van der Waals surface area contributed by atoms with E-state index in [1.54, 1.807) is 24.3 Å². The van der Waals surface area contributed by atoms with E-state index in [0.717, 1.165) is 25.7 Å². The fraction of sp³-hybridized carbons (Fsp3) is 0.727. The molecule has 2 aromatic carbocycles. The quantitative estimate of drug-likeness (QED) is 0.0338. The summed E-state index contributed by atoms with van der Waals surface area (Å²) in [6.07, 6.45) is 32.5. The Labute approximate surface area is 377 Å². The largest absolute Gasteiger partial charge is 2.00 e. The van der Waals surface area contributed by atoms with E-state index in [-0.39, 0.29) is 50.6 Å². The maximum absolute atomic E-state index is 11.9. The fourth-order valence-electron chi connectivity index (χ4n) is 7.87. The van der Waals surface area contributed by atoms with Gasteiger partial charge >= 0.3 is 37.7 Å². The number of unbranched alkanes of at least 4 members (excludes halogenated alkanes) is 24. The molecule has 0 bridgehead atoms. The van der Waals surface area contributed by atoms with Gasteiger partial charge in [0.15, 0.2) is 0 Å². The topological polar surface area (TPSA) is 163 Å². The van der Waals surface area contributed by atoms with Crippen molar-refractivity contribution in [2.45, 2.75) is 204 Å². The molecule has 13 heteroatoms. The zero-order valence-electron chi connectivity index (χ0n) is 35.4. The molecule has 320 valence electrons. The zero-order chi connectivity index (χ0) is 40.6. The van der Waals surface area contributed by atoms with Crippen molar-refractivity contribution in [1.29, 1.82) is 0 Å². The molecule has 2 aliphatic heterocycles. The minimum atomic E-state index is -4.52. The van der Waals surface area contributed by atoms with Gasteiger partial charge in [0.05, 0.1) is 22.7 Å². The molecule has 0 fully saturated rings. The summed E-state index contributed by atoms with van der Waals surface area (Å²) < 4.78 is 71.4. The predicted octanol–water partition coefficient (Wildman–Crippen LogP) is 12.0. The SMILES string of the molecule is CCCCCCCCCCCCCCCC1(S(=O)(=O)[O-])Nc2ccccc2N1.CCCCCCCCCCCCCCCC1(S(=O)(=O)[O-])Nc2ccccc2N1.[Ca+2]. The number of fused-ring (bicyclic) bond motifs is 2. The number of hydrogen-bond acceptors (Lipinski definition) is 10. The Morgan fingerprint density at radius 3 is 0.772 bits per heavy atom. The first kappa shape index (κ1) is 51.9. The summed E-state index contributed by atoms with van der Waals surface area (Å²) in [4.78, 5) is -3.21. The van der Waals surface area contributed by atoms with E-state index in [1.165, 1.54) is 128 Å². The molecular formula is C44H74CaN4O6S2. The van der Waals surface area contributed by atoms with Crippen molar-refractivity contribution < 1.29 is 25.9 Å². The van der Waals surface area contributed by atoms with E-state index in [2.05, 4.69) is 35.1 Å². The smallest absolute Gasteiger partial charge is 0.745 e. The Bertz CT molecular complexity index is 1430. The van der Waals surface area contributed by atoms with Crippen LogP contribution < -0.4 is 21.3 Å². The number of anilines is 4. The first-order valence-corrected chi connectivity index (χ1v) is 25.0. The van der Waals surface area contributed by atoms with Gasteiger partial charge in [0.1, 0.15) is 20.2 Å². The van der Waals surface area contributed by atoms with Crippen molar-refractivity contribution in [2.24, 2.45) is 0 Å². The molecule has 2 heterocycles. The van der Waals surface area contributed by atoms with Gasteiger partial charge in [-0.2, -0.15) is 0 Å². The van der Waals surface area contributed by atoms with Crippen LogP contribution in [0.3, 0.4) is 0 Å². The van der Waals surface area contributed by atoms with Gasteiger partial charge in [0.2, 0.25) is 9.99 Å². The van der Waals surface area contributed by atoms with Crippen LogP contribution in [0.25, 0.3) is 0 Å². The normalized spacial score (nSPS) is 14.8. The fourth-order valence-corrected chi connectivity index (χ4v) is 9.60. The minimum absolute atomic E-state index is 0. The Morgan fingerprint density at radius 1 is 0.386 bits per heavy atom. The first-order chi connectivity index (χ1) is 27.0. The van der Waals surface area contributed by atoms with Gasteiger partial charge in [-0.15, -0.1) is 0 Å². The second kappa shape index (κ2) is 28.3. The number of nitrogens with one attached hydrogen (secondary N) is 4. The van der Waals surface area contributed by atoms with Crippen molar-refractivity contribution in [3.8, 4) is 0 Å². The van der Waals surface area contributed by atoms with Gasteiger partial charge < -0.3 is 30.4 Å². The molecule has 4 N–H and O–H groups in total. The Balaban J connectivity index is 0.000000387. The van der Waals surface area contributed by atoms with Crippen LogP contribution in [-0.4, -0.2) is 73.7 Å². The van der Waals surface area contributed by atoms with Crippen LogP contribution in [0, 0.1) is 0 Å². The van der Waals surface area contributed by atoms with E-state index in [4.69, 9.17) is 0 Å². The summed E-state index contributed by atoms with van der Waals surface area (Å²) in [5.74, 6) is 0. The summed E-state index contributed by atoms with van der Waals surface area (Å²) in [5.41, 5.74) is 2.71. The van der Waals surface area contributed by atoms with Gasteiger partial charge in [-0.1, -0.05) is 192 Å². The van der Waals surface area contributed by atoms with Crippen LogP contribution >= 0.6 is 0 Å². The summed E-state index contributed by atoms with van der Waals surface area (Å²) in [5, 5.41) is 11.7. The van der Waals surface area contributed by atoms with Gasteiger partial charge in [-0.3, -0.25) is 0 Å². The third-order valence-corrected chi connectivity index (χ3v) is 13.8. The maximum Gasteiger partial charge on any atom is 2.00 e. The molecule has 0 atom stereocenters. The Kier molecular flexibility index (Phi) is 25.7. The van der Waals surface area contributed by atoms with Crippen molar-refractivity contribution in [3.63, 3.8) is 0 Å². The summed E-state index contributed by atoms with van der Waals surface area (Å²) in [6.45, 7) is 4.50. The molecular weight excluding hydrogens is 785 g/mol. The molecule has 0 unspecified atom stereocenters. The number of benzene rings is 2. The summed E-state index contributed by atoms with van der Waals surface area (Å²) in [6, 6.07) is 14.5. The van der Waals surface area contributed by atoms with E-state index in [9.17, 15) is 25.9 Å². The van der Waals surface area contributed by atoms with Gasteiger partial charge in [0, 0.05) is 12.8 Å². The number of para-hydroxylation sites is 4. The van der Waals surface area contributed by atoms with Crippen LogP contribution in [0.5, 0.6) is 0 Å². The molecule has 0 saturated carbocycles. The summed E-state index contributed by atoms with van der Waals surface area (Å²) >= 11 is 0. The molecule has 0 spiro atoms. The van der Waals surface area contributed by atoms with Crippen molar-refractivity contribution in [2.75, 3.05) is 21.3 Å². The molecule has 0 amide bonds. The maximum atomic E-state index is 11.9. The van der Waals surface area contributed by atoms with E-state index >= 15 is 0 Å². The monoisotopic (exact) mass is 858 g/mol. The zero-order valence-corrected chi connectivity index (χ0v) is 39.2. The first-order valence-electron chi connectivity index (χ1n) is 22.2. The van der Waals surface area contributed by atoms with Gasteiger partial charge in [0.25, 0.3) is 0 Å². The van der Waals surface area contributed by atoms with E-state index in [0.29, 0.717) is 35.6 Å². The van der Waals surface area contributed by atoms with Crippen LogP contribution in [0.2, 0.25) is 0 Å². The average Bonchev–Trinajstić information content (AvgIpc) is 3.76. The molecule has 0 aromatic heterocycles. The second-order valence-electron chi connectivity index (χ2n) is 16.1. The molecule has 10 nitrogen and oxygen atoms in total. The Morgan fingerprint density at radius 2 is 0.579 bits per heavy atom. The predicted molar refractivity (Wildman–Crippen MR) is 239 cm³/mol. The third-order valence-electron chi connectivity index (χ3n) is 11.3. The third kappa shape index (κ3) is 18.5. The second-order valence-corrected chi connectivity index (χ2v) is 19.3. The van der Waals surface area contributed by atoms with Crippen LogP contribution in [0.1, 0.15) is 194 Å². The molecule has 0 aliphatic carbocycles. The van der Waals surface area contributed by atoms with Crippen molar-refractivity contribution in [1.82, 2.24) is 0 Å². The van der Waals surface area contributed by atoms with Gasteiger partial charge in [-0.25, -0.2) is 16.8 Å². The van der Waals surface area contributed by atoms with E-state index in [1.807, 2.05) is 24.3 Å². The molecule has 57 heavy (non-hydrogen) atoms. The van der Waals surface area contributed by atoms with Gasteiger partial charge in [-0.05, 0) is 37.1 Å². The van der Waals surface area contributed by atoms with Crippen LogP contribution in [-0.2, 0) is 20.2 Å². The molecule has 4 rings (SSSR count). The number of rotatable bonds is 30. The standard InChI is InChI=1S/2C22H38N2O3S.Ca/c2*1-2-3-4-5-6-7-8-9-10-11-12-13-16-19-22(28(25,26)27)23-20-17-14-15-18-21(20)24-22;/h2*14-15,17-18,23-24H,2-13,16,19H2,1H3,(H,25,26,27);/q;;+2/p-2. The minimum Gasteiger partial charge on any atom is -0.745 e. The number of hydrogen-bond donors (Lipinski definition) is 4. The summed E-state index contributed by atoms with van der Waals surface area (Å²) in [7, 11) is -9.04. The van der Waals surface area contributed by atoms with E-state index < -0.39 is 30.2 Å². The Hall–Kier alpha value is -1.28. The van der Waals surface area contributed by atoms with Crippen LogP contribution in [0.4, 0.5) is 22.7 Å². The average molecular weight is 859 g/mol. The van der Waals surface area contributed by atoms with Crippen molar-refractivity contribution >= 4 is 80.7 Å². The molecule has 2 aliphatic rings. The molecule has 2 aromatic rings. The molecule has 0 saturated heterocycles. The molecule has 0 radical (unpaired) electrons. The van der Waals surface area contributed by atoms with Crippen molar-refractivity contribution in [3.05, 3.63) is 48.5 Å².